The van der Waals surface area contributed by atoms with Crippen LogP contribution >= 0.6 is 0 Å². The summed E-state index contributed by atoms with van der Waals surface area (Å²) in [5.74, 6) is -4.25. The van der Waals surface area contributed by atoms with Gasteiger partial charge < -0.3 is 20.3 Å². The molecular weight excluding hydrogens is 234 g/mol. The molecule has 0 fully saturated rings. The normalized spacial score (nSPS) is 16.5. The van der Waals surface area contributed by atoms with Gasteiger partial charge in [0.15, 0.2) is 0 Å². The molecule has 0 heterocycles. The van der Waals surface area contributed by atoms with E-state index in [2.05, 4.69) is 9.47 Å². The van der Waals surface area contributed by atoms with Crippen molar-refractivity contribution in [1.82, 2.24) is 0 Å². The summed E-state index contributed by atoms with van der Waals surface area (Å²) in [6.45, 7) is -2.18. The van der Waals surface area contributed by atoms with Crippen molar-refractivity contribution in [2.75, 3.05) is 26.9 Å². The Hall–Kier alpha value is -0.440. The Morgan fingerprint density at radius 2 is 1.94 bits per heavy atom. The molecule has 98 valence electrons. The first-order chi connectivity index (χ1) is 7.35. The Balaban J connectivity index is 4.14. The van der Waals surface area contributed by atoms with E-state index in [1.807, 2.05) is 0 Å². The van der Waals surface area contributed by atoms with Gasteiger partial charge in [0.1, 0.15) is 6.61 Å². The number of methoxy groups -OCH3 is 1. The SMILES string of the molecule is COCC(N)C(CO)OCC(F)(F)C(F)F. The summed E-state index contributed by atoms with van der Waals surface area (Å²) in [6.07, 6.45) is -4.98. The lowest BCUT2D eigenvalue weighted by atomic mass is 10.2. The molecule has 0 rings (SSSR count). The summed E-state index contributed by atoms with van der Waals surface area (Å²) in [4.78, 5) is 0. The quantitative estimate of drug-likeness (QED) is 0.605. The number of aliphatic hydroxyl groups is 1. The van der Waals surface area contributed by atoms with Gasteiger partial charge in [-0.05, 0) is 0 Å². The minimum absolute atomic E-state index is 0.0362. The van der Waals surface area contributed by atoms with Crippen LogP contribution in [0, 0.1) is 0 Å². The Morgan fingerprint density at radius 1 is 1.38 bits per heavy atom. The van der Waals surface area contributed by atoms with Crippen molar-refractivity contribution in [1.29, 1.82) is 0 Å². The highest BCUT2D eigenvalue weighted by atomic mass is 19.3. The number of hydrogen-bond donors (Lipinski definition) is 2. The van der Waals surface area contributed by atoms with Crippen molar-refractivity contribution in [3.8, 4) is 0 Å². The lowest BCUT2D eigenvalue weighted by Gasteiger charge is -2.24. The van der Waals surface area contributed by atoms with Crippen molar-refractivity contribution in [3.63, 3.8) is 0 Å². The molecule has 0 amide bonds. The predicted molar refractivity (Wildman–Crippen MR) is 47.6 cm³/mol. The minimum atomic E-state index is -4.25. The van der Waals surface area contributed by atoms with Gasteiger partial charge in [-0.3, -0.25) is 0 Å². The molecule has 0 aliphatic rings. The monoisotopic (exact) mass is 249 g/mol. The molecule has 0 aromatic heterocycles. The summed E-state index contributed by atoms with van der Waals surface area (Å²) in [6, 6.07) is -0.858. The van der Waals surface area contributed by atoms with Crippen molar-refractivity contribution in [3.05, 3.63) is 0 Å². The summed E-state index contributed by atoms with van der Waals surface area (Å²) >= 11 is 0. The summed E-state index contributed by atoms with van der Waals surface area (Å²) in [5.41, 5.74) is 5.40. The molecule has 16 heavy (non-hydrogen) atoms. The highest BCUT2D eigenvalue weighted by Crippen LogP contribution is 2.23. The van der Waals surface area contributed by atoms with E-state index in [9.17, 15) is 17.6 Å². The van der Waals surface area contributed by atoms with Crippen molar-refractivity contribution in [2.45, 2.75) is 24.5 Å². The first-order valence-electron chi connectivity index (χ1n) is 4.48. The van der Waals surface area contributed by atoms with Crippen LogP contribution < -0.4 is 5.73 Å². The van der Waals surface area contributed by atoms with Crippen molar-refractivity contribution in [2.24, 2.45) is 5.73 Å². The van der Waals surface area contributed by atoms with Crippen molar-refractivity contribution < 1.29 is 32.1 Å². The molecule has 0 saturated carbocycles. The summed E-state index contributed by atoms with van der Waals surface area (Å²) < 4.78 is 57.5. The van der Waals surface area contributed by atoms with Crippen LogP contribution in [0.1, 0.15) is 0 Å². The van der Waals surface area contributed by atoms with E-state index < -0.39 is 37.7 Å². The fourth-order valence-electron chi connectivity index (χ4n) is 0.893. The minimum Gasteiger partial charge on any atom is -0.394 e. The van der Waals surface area contributed by atoms with E-state index in [1.165, 1.54) is 7.11 Å². The van der Waals surface area contributed by atoms with Crippen molar-refractivity contribution >= 4 is 0 Å². The maximum absolute atomic E-state index is 12.5. The molecule has 0 aromatic rings. The molecule has 4 nitrogen and oxygen atoms in total. The number of rotatable bonds is 8. The first kappa shape index (κ1) is 15.6. The molecule has 8 heteroatoms. The summed E-state index contributed by atoms with van der Waals surface area (Å²) in [5, 5.41) is 8.77. The van der Waals surface area contributed by atoms with E-state index in [0.29, 0.717) is 0 Å². The third-order valence-electron chi connectivity index (χ3n) is 1.83. The van der Waals surface area contributed by atoms with E-state index in [4.69, 9.17) is 10.8 Å². The molecule has 2 atom stereocenters. The van der Waals surface area contributed by atoms with Gasteiger partial charge in [0, 0.05) is 7.11 Å². The van der Waals surface area contributed by atoms with Crippen LogP contribution in [-0.2, 0) is 9.47 Å². The maximum Gasteiger partial charge on any atom is 0.330 e. The zero-order chi connectivity index (χ0) is 12.8. The number of nitrogens with two attached hydrogens (primary N) is 1. The molecule has 2 unspecified atom stereocenters. The second-order valence-corrected chi connectivity index (χ2v) is 3.21. The lowest BCUT2D eigenvalue weighted by Crippen LogP contribution is -2.45. The van der Waals surface area contributed by atoms with Gasteiger partial charge >= 0.3 is 12.3 Å². The van der Waals surface area contributed by atoms with Crippen LogP contribution in [0.5, 0.6) is 0 Å². The molecule has 0 radical (unpaired) electrons. The third-order valence-corrected chi connectivity index (χ3v) is 1.83. The van der Waals surface area contributed by atoms with Gasteiger partial charge in [-0.15, -0.1) is 0 Å². The van der Waals surface area contributed by atoms with E-state index >= 15 is 0 Å². The standard InChI is InChI=1S/C8H15F4NO3/c1-15-3-5(13)6(2-14)16-4-8(11,12)7(9)10/h5-7,14H,2-4,13H2,1H3. The topological polar surface area (TPSA) is 64.7 Å². The molecular formula is C8H15F4NO3. The van der Waals surface area contributed by atoms with Gasteiger partial charge in [0.25, 0.3) is 0 Å². The molecule has 3 N–H and O–H groups in total. The first-order valence-corrected chi connectivity index (χ1v) is 4.48. The second kappa shape index (κ2) is 7.00. The maximum atomic E-state index is 12.5. The molecule has 0 aliphatic heterocycles. The average Bonchev–Trinajstić information content (AvgIpc) is 2.18. The largest absolute Gasteiger partial charge is 0.394 e. The number of halogens is 4. The number of aliphatic hydroxyl groups excluding tert-OH is 1. The molecule has 0 spiro atoms. The van der Waals surface area contributed by atoms with E-state index in [0.717, 1.165) is 0 Å². The van der Waals surface area contributed by atoms with Crippen LogP contribution in [0.2, 0.25) is 0 Å². The van der Waals surface area contributed by atoms with Gasteiger partial charge in [0.2, 0.25) is 0 Å². The second-order valence-electron chi connectivity index (χ2n) is 3.21. The van der Waals surface area contributed by atoms with Crippen LogP contribution in [0.3, 0.4) is 0 Å². The highest BCUT2D eigenvalue weighted by molar-refractivity contribution is 4.75. The number of alkyl halides is 4. The zero-order valence-electron chi connectivity index (χ0n) is 8.71. The van der Waals surface area contributed by atoms with Crippen LogP contribution in [0.15, 0.2) is 0 Å². The fraction of sp³-hybridized carbons (Fsp3) is 1.00. The predicted octanol–water partition coefficient (Wildman–Crippen LogP) is 0.238. The van der Waals surface area contributed by atoms with Crippen LogP contribution in [0.4, 0.5) is 17.6 Å². The summed E-state index contributed by atoms with van der Waals surface area (Å²) in [7, 11) is 1.32. The number of hydrogen-bond acceptors (Lipinski definition) is 4. The molecule has 0 aromatic carbocycles. The van der Waals surface area contributed by atoms with Gasteiger partial charge in [-0.1, -0.05) is 0 Å². The van der Waals surface area contributed by atoms with Crippen LogP contribution in [-0.4, -0.2) is 56.5 Å². The Bertz CT molecular complexity index is 194. The number of ether oxygens (including phenoxy) is 2. The smallest absolute Gasteiger partial charge is 0.330 e. The third kappa shape index (κ3) is 5.06. The highest BCUT2D eigenvalue weighted by Gasteiger charge is 2.42. The van der Waals surface area contributed by atoms with E-state index in [-0.39, 0.29) is 6.61 Å². The molecule has 0 saturated heterocycles. The fourth-order valence-corrected chi connectivity index (χ4v) is 0.893. The van der Waals surface area contributed by atoms with Gasteiger partial charge in [-0.2, -0.15) is 8.78 Å². The van der Waals surface area contributed by atoms with Crippen LogP contribution in [0.25, 0.3) is 0 Å². The van der Waals surface area contributed by atoms with Gasteiger partial charge in [0.05, 0.1) is 25.4 Å². The van der Waals surface area contributed by atoms with E-state index in [1.54, 1.807) is 0 Å². The Morgan fingerprint density at radius 3 is 2.31 bits per heavy atom. The molecule has 0 bridgehead atoms. The molecule has 0 aliphatic carbocycles. The zero-order valence-corrected chi connectivity index (χ0v) is 8.71. The lowest BCUT2D eigenvalue weighted by molar-refractivity contribution is -0.182. The van der Waals surface area contributed by atoms with Gasteiger partial charge in [-0.25, -0.2) is 8.78 Å². The average molecular weight is 249 g/mol. The Labute approximate surface area is 90.3 Å². The Kier molecular flexibility index (Phi) is 6.81.